The summed E-state index contributed by atoms with van der Waals surface area (Å²) in [4.78, 5) is 8.79. The largest absolute Gasteiger partial charge is 0.489 e. The molecule has 6 heteroatoms. The quantitative estimate of drug-likeness (QED) is 0.748. The summed E-state index contributed by atoms with van der Waals surface area (Å²) in [5, 5.41) is 7.65. The summed E-state index contributed by atoms with van der Waals surface area (Å²) < 4.78 is 11.5. The number of benzene rings is 1. The number of rotatable bonds is 5. The van der Waals surface area contributed by atoms with Crippen molar-refractivity contribution < 1.29 is 9.26 Å². The first kappa shape index (κ1) is 16.4. The fourth-order valence-corrected chi connectivity index (χ4v) is 4.04. The molecule has 1 saturated heterocycles. The normalized spacial score (nSPS) is 20.5. The van der Waals surface area contributed by atoms with Crippen LogP contribution in [0.25, 0.3) is 11.4 Å². The van der Waals surface area contributed by atoms with E-state index in [9.17, 15) is 0 Å². The SMILES string of the molecule is c1cncc(COc2cccc(-c3noc(C4CC45CCNCC5)n3)c2)c1. The van der Waals surface area contributed by atoms with Crippen LogP contribution in [0.2, 0.25) is 0 Å². The van der Waals surface area contributed by atoms with Gasteiger partial charge in [-0.05, 0) is 56.0 Å². The summed E-state index contributed by atoms with van der Waals surface area (Å²) in [6.07, 6.45) is 7.14. The van der Waals surface area contributed by atoms with E-state index in [4.69, 9.17) is 9.26 Å². The van der Waals surface area contributed by atoms with Crippen molar-refractivity contribution in [2.45, 2.75) is 31.8 Å². The topological polar surface area (TPSA) is 73.1 Å². The summed E-state index contributed by atoms with van der Waals surface area (Å²) in [5.74, 6) is 2.62. The van der Waals surface area contributed by atoms with Crippen molar-refractivity contribution in [2.75, 3.05) is 13.1 Å². The number of ether oxygens (including phenoxy) is 1. The minimum Gasteiger partial charge on any atom is -0.489 e. The van der Waals surface area contributed by atoms with Gasteiger partial charge in [-0.2, -0.15) is 4.98 Å². The van der Waals surface area contributed by atoms with Crippen LogP contribution in [0.1, 0.15) is 36.6 Å². The molecule has 27 heavy (non-hydrogen) atoms. The Morgan fingerprint density at radius 1 is 1.19 bits per heavy atom. The fourth-order valence-electron chi connectivity index (χ4n) is 4.04. The van der Waals surface area contributed by atoms with Crippen LogP contribution in [0.4, 0.5) is 0 Å². The average molecular weight is 362 g/mol. The molecular weight excluding hydrogens is 340 g/mol. The lowest BCUT2D eigenvalue weighted by Gasteiger charge is -2.22. The van der Waals surface area contributed by atoms with Crippen LogP contribution in [0.3, 0.4) is 0 Å². The van der Waals surface area contributed by atoms with Gasteiger partial charge in [0.25, 0.3) is 0 Å². The third kappa shape index (κ3) is 3.32. The molecule has 1 aromatic carbocycles. The van der Waals surface area contributed by atoms with E-state index in [0.717, 1.165) is 35.9 Å². The highest BCUT2D eigenvalue weighted by molar-refractivity contribution is 5.57. The van der Waals surface area contributed by atoms with Crippen LogP contribution in [0.5, 0.6) is 5.75 Å². The molecule has 1 saturated carbocycles. The zero-order valence-corrected chi connectivity index (χ0v) is 15.1. The van der Waals surface area contributed by atoms with E-state index in [1.165, 1.54) is 19.3 Å². The zero-order valence-electron chi connectivity index (χ0n) is 15.1. The van der Waals surface area contributed by atoms with Gasteiger partial charge in [-0.3, -0.25) is 4.98 Å². The van der Waals surface area contributed by atoms with Crippen LogP contribution >= 0.6 is 0 Å². The molecule has 3 heterocycles. The molecule has 1 unspecified atom stereocenters. The van der Waals surface area contributed by atoms with Crippen LogP contribution in [-0.4, -0.2) is 28.2 Å². The van der Waals surface area contributed by atoms with Crippen molar-refractivity contribution >= 4 is 0 Å². The predicted octanol–water partition coefficient (Wildman–Crippen LogP) is 3.57. The van der Waals surface area contributed by atoms with E-state index in [2.05, 4.69) is 20.4 Å². The smallest absolute Gasteiger partial charge is 0.230 e. The maximum Gasteiger partial charge on any atom is 0.230 e. The Hall–Kier alpha value is -2.73. The third-order valence-electron chi connectivity index (χ3n) is 5.75. The highest BCUT2D eigenvalue weighted by Crippen LogP contribution is 2.63. The zero-order chi connectivity index (χ0) is 18.1. The first-order chi connectivity index (χ1) is 13.3. The van der Waals surface area contributed by atoms with Gasteiger partial charge in [0, 0.05) is 29.4 Å². The monoisotopic (exact) mass is 362 g/mol. The van der Waals surface area contributed by atoms with Crippen LogP contribution in [0.15, 0.2) is 53.3 Å². The second-order valence-electron chi connectivity index (χ2n) is 7.50. The number of pyridine rings is 1. The Morgan fingerprint density at radius 3 is 2.96 bits per heavy atom. The molecule has 138 valence electrons. The molecule has 1 aliphatic heterocycles. The van der Waals surface area contributed by atoms with Crippen molar-refractivity contribution in [3.8, 4) is 17.1 Å². The molecule has 2 aromatic heterocycles. The van der Waals surface area contributed by atoms with E-state index in [1.807, 2.05) is 42.6 Å². The van der Waals surface area contributed by atoms with E-state index in [0.29, 0.717) is 23.8 Å². The number of nitrogens with zero attached hydrogens (tertiary/aromatic N) is 3. The summed E-state index contributed by atoms with van der Waals surface area (Å²) in [6.45, 7) is 2.66. The van der Waals surface area contributed by atoms with Gasteiger partial charge in [0.05, 0.1) is 0 Å². The van der Waals surface area contributed by atoms with Crippen molar-refractivity contribution in [3.05, 3.63) is 60.2 Å². The molecule has 2 aliphatic rings. The summed E-state index contributed by atoms with van der Waals surface area (Å²) >= 11 is 0. The van der Waals surface area contributed by atoms with Crippen LogP contribution < -0.4 is 10.1 Å². The van der Waals surface area contributed by atoms with E-state index < -0.39 is 0 Å². The van der Waals surface area contributed by atoms with E-state index in [-0.39, 0.29) is 0 Å². The number of piperidine rings is 1. The fraction of sp³-hybridized carbons (Fsp3) is 0.381. The molecule has 0 radical (unpaired) electrons. The van der Waals surface area contributed by atoms with Crippen molar-refractivity contribution in [3.63, 3.8) is 0 Å². The number of hydrogen-bond donors (Lipinski definition) is 1. The molecule has 1 spiro atoms. The molecule has 1 aliphatic carbocycles. The van der Waals surface area contributed by atoms with Gasteiger partial charge in [0.1, 0.15) is 12.4 Å². The molecule has 5 rings (SSSR count). The Morgan fingerprint density at radius 2 is 2.11 bits per heavy atom. The third-order valence-corrected chi connectivity index (χ3v) is 5.75. The molecule has 3 aromatic rings. The standard InChI is InChI=1S/C21H22N4O2/c1-4-16(11-17(5-1)26-14-15-3-2-8-23-13-15)19-24-20(27-25-19)18-12-21(18)6-9-22-10-7-21/h1-5,8,11,13,18,22H,6-7,9-10,12,14H2. The van der Waals surface area contributed by atoms with Gasteiger partial charge >= 0.3 is 0 Å². The lowest BCUT2D eigenvalue weighted by atomic mass is 9.92. The molecule has 1 atom stereocenters. The number of nitrogens with one attached hydrogen (secondary N) is 1. The van der Waals surface area contributed by atoms with Crippen LogP contribution in [0, 0.1) is 5.41 Å². The highest BCUT2D eigenvalue weighted by Gasteiger charge is 2.57. The van der Waals surface area contributed by atoms with Gasteiger partial charge in [0.15, 0.2) is 0 Å². The molecule has 1 N–H and O–H groups in total. The molecule has 0 bridgehead atoms. The van der Waals surface area contributed by atoms with Gasteiger partial charge < -0.3 is 14.6 Å². The van der Waals surface area contributed by atoms with Gasteiger partial charge in [-0.25, -0.2) is 0 Å². The van der Waals surface area contributed by atoms with Gasteiger partial charge in [-0.15, -0.1) is 0 Å². The lowest BCUT2D eigenvalue weighted by molar-refractivity contribution is 0.306. The Balaban J connectivity index is 1.29. The molecule has 0 amide bonds. The van der Waals surface area contributed by atoms with Crippen LogP contribution in [-0.2, 0) is 6.61 Å². The number of hydrogen-bond acceptors (Lipinski definition) is 6. The minimum absolute atomic E-state index is 0.393. The average Bonchev–Trinajstić information content (AvgIpc) is 3.18. The summed E-state index contributed by atoms with van der Waals surface area (Å²) in [6, 6.07) is 11.7. The summed E-state index contributed by atoms with van der Waals surface area (Å²) in [7, 11) is 0. The Bertz CT molecular complexity index is 919. The molecule has 6 nitrogen and oxygen atoms in total. The van der Waals surface area contributed by atoms with Crippen molar-refractivity contribution in [1.82, 2.24) is 20.4 Å². The first-order valence-corrected chi connectivity index (χ1v) is 9.49. The second kappa shape index (κ2) is 6.78. The maximum atomic E-state index is 5.88. The van der Waals surface area contributed by atoms with E-state index in [1.54, 1.807) is 6.20 Å². The molecular formula is C21H22N4O2. The highest BCUT2D eigenvalue weighted by atomic mass is 16.5. The Labute approximate surface area is 158 Å². The minimum atomic E-state index is 0.393. The second-order valence-corrected chi connectivity index (χ2v) is 7.50. The lowest BCUT2D eigenvalue weighted by Crippen LogP contribution is -2.29. The van der Waals surface area contributed by atoms with Gasteiger partial charge in [-0.1, -0.05) is 23.4 Å². The Kier molecular flexibility index (Phi) is 4.13. The first-order valence-electron chi connectivity index (χ1n) is 9.49. The summed E-state index contributed by atoms with van der Waals surface area (Å²) in [5.41, 5.74) is 2.34. The van der Waals surface area contributed by atoms with Crippen molar-refractivity contribution in [1.29, 1.82) is 0 Å². The predicted molar refractivity (Wildman–Crippen MR) is 100 cm³/mol. The number of aromatic nitrogens is 3. The van der Waals surface area contributed by atoms with Gasteiger partial charge in [0.2, 0.25) is 11.7 Å². The molecule has 2 fully saturated rings. The van der Waals surface area contributed by atoms with Crippen molar-refractivity contribution in [2.24, 2.45) is 5.41 Å². The maximum absolute atomic E-state index is 5.88. The van der Waals surface area contributed by atoms with E-state index >= 15 is 0 Å².